The summed E-state index contributed by atoms with van der Waals surface area (Å²) < 4.78 is 85.8. The summed E-state index contributed by atoms with van der Waals surface area (Å²) in [7, 11) is 0. The molecule has 0 bridgehead atoms. The molecule has 0 aromatic heterocycles. The Balaban J connectivity index is 1.54. The van der Waals surface area contributed by atoms with Crippen molar-refractivity contribution in [1.29, 1.82) is 0 Å². The van der Waals surface area contributed by atoms with Gasteiger partial charge in [-0.1, -0.05) is 0 Å². The van der Waals surface area contributed by atoms with Gasteiger partial charge in [-0.2, -0.15) is 0 Å². The van der Waals surface area contributed by atoms with Gasteiger partial charge in [0.25, 0.3) is 0 Å². The SMILES string of the molecule is CCCC1=Cc2c(-c3ccccc3C(F)(F)F)cccc2[CH]1[Zr]([CH]1C(CCC)=Cc2c(-c3ccccc3C(F)(F)F)cccc21)[SiH](C)C. The van der Waals surface area contributed by atoms with E-state index in [9.17, 15) is 26.3 Å². The molecule has 2 aliphatic rings. The van der Waals surface area contributed by atoms with Crippen LogP contribution in [-0.2, 0) is 33.3 Å². The minimum atomic E-state index is -4.48. The van der Waals surface area contributed by atoms with Gasteiger partial charge in [0.15, 0.2) is 0 Å². The fraction of sp³-hybridized carbons (Fsp3) is 0.300. The van der Waals surface area contributed by atoms with Gasteiger partial charge in [0.2, 0.25) is 0 Å². The number of alkyl halides is 6. The number of benzene rings is 4. The summed E-state index contributed by atoms with van der Waals surface area (Å²) in [5.41, 5.74) is 7.12. The Morgan fingerprint density at radius 2 is 0.917 bits per heavy atom. The Kier molecular flexibility index (Phi) is 9.99. The van der Waals surface area contributed by atoms with Gasteiger partial charge in [0.1, 0.15) is 0 Å². The topological polar surface area (TPSA) is 0 Å². The summed E-state index contributed by atoms with van der Waals surface area (Å²) in [6, 6.07) is 23.4. The number of allylic oxidation sites excluding steroid dienone is 2. The quantitative estimate of drug-likeness (QED) is 0.118. The van der Waals surface area contributed by atoms with Gasteiger partial charge in [-0.25, -0.2) is 0 Å². The van der Waals surface area contributed by atoms with Gasteiger partial charge in [-0.3, -0.25) is 0 Å². The van der Waals surface area contributed by atoms with Crippen LogP contribution in [0.2, 0.25) is 13.1 Å². The number of hydrogen-bond acceptors (Lipinski definition) is 0. The number of rotatable bonds is 9. The molecule has 0 nitrogen and oxygen atoms in total. The maximum atomic E-state index is 14.2. The summed E-state index contributed by atoms with van der Waals surface area (Å²) >= 11 is -2.66. The van der Waals surface area contributed by atoms with E-state index >= 15 is 0 Å². The Morgan fingerprint density at radius 3 is 1.27 bits per heavy atom. The Hall–Kier alpha value is -2.96. The molecule has 0 spiro atoms. The van der Waals surface area contributed by atoms with Crippen LogP contribution in [0.25, 0.3) is 34.4 Å². The zero-order valence-electron chi connectivity index (χ0n) is 27.6. The van der Waals surface area contributed by atoms with Crippen LogP contribution in [0, 0.1) is 0 Å². The van der Waals surface area contributed by atoms with E-state index in [0.717, 1.165) is 60.1 Å². The second-order valence-corrected chi connectivity index (χ2v) is 33.2. The molecule has 0 saturated carbocycles. The summed E-state index contributed by atoms with van der Waals surface area (Å²) in [4.78, 5) is 0. The molecule has 4 aromatic rings. The van der Waals surface area contributed by atoms with Crippen LogP contribution in [0.1, 0.15) is 80.2 Å². The van der Waals surface area contributed by atoms with Crippen molar-refractivity contribution in [2.75, 3.05) is 0 Å². The second-order valence-electron chi connectivity index (χ2n) is 13.2. The summed E-state index contributed by atoms with van der Waals surface area (Å²) in [5, 5.41) is 0. The number of halogens is 6. The molecule has 0 heterocycles. The average molecular weight is 753 g/mol. The van der Waals surface area contributed by atoms with E-state index in [1.165, 1.54) is 23.3 Å². The first kappa shape index (κ1) is 34.9. The van der Waals surface area contributed by atoms with E-state index in [1.54, 1.807) is 24.3 Å². The fourth-order valence-corrected chi connectivity index (χ4v) is 30.8. The van der Waals surface area contributed by atoms with Crippen molar-refractivity contribution < 1.29 is 47.3 Å². The molecule has 6 rings (SSSR count). The molecule has 0 radical (unpaired) electrons. The normalized spacial score (nSPS) is 17.3. The Labute approximate surface area is 287 Å². The zero-order valence-corrected chi connectivity index (χ0v) is 31.2. The molecule has 2 atom stereocenters. The van der Waals surface area contributed by atoms with E-state index in [2.05, 4.69) is 51.2 Å². The maximum absolute atomic E-state index is 14.2. The van der Waals surface area contributed by atoms with E-state index in [1.807, 2.05) is 24.3 Å². The van der Waals surface area contributed by atoms with E-state index < -0.39 is 50.3 Å². The predicted octanol–water partition coefficient (Wildman–Crippen LogP) is 12.8. The molecule has 0 N–H and O–H groups in total. The molecule has 4 aromatic carbocycles. The number of fused-ring (bicyclic) bond motifs is 2. The first-order chi connectivity index (χ1) is 22.9. The van der Waals surface area contributed by atoms with Crippen LogP contribution in [0.15, 0.2) is 96.1 Å². The number of hydrogen-bond donors (Lipinski definition) is 0. The standard InChI is InChI=1S/2C19H16F3.C2H7Si.Zr/c2*1-2-6-13-11-14-7-5-9-15(17(14)12-13)16-8-3-4-10-18(16)19(20,21)22;1-3-2;/h2*3-5,7-12H,2,6H2,1H3;3H,1-2H3;. The Morgan fingerprint density at radius 1 is 0.542 bits per heavy atom. The van der Waals surface area contributed by atoms with Crippen molar-refractivity contribution in [3.05, 3.63) is 129 Å². The van der Waals surface area contributed by atoms with Crippen molar-refractivity contribution in [1.82, 2.24) is 0 Å². The molecule has 8 heteroatoms. The van der Waals surface area contributed by atoms with E-state index in [-0.39, 0.29) is 18.4 Å². The van der Waals surface area contributed by atoms with Gasteiger partial charge in [0.05, 0.1) is 0 Å². The van der Waals surface area contributed by atoms with Crippen molar-refractivity contribution in [2.24, 2.45) is 0 Å². The van der Waals surface area contributed by atoms with Crippen molar-refractivity contribution in [2.45, 2.75) is 72.2 Å². The fourth-order valence-electron chi connectivity index (χ4n) is 7.96. The van der Waals surface area contributed by atoms with E-state index in [0.29, 0.717) is 11.1 Å². The summed E-state index contributed by atoms with van der Waals surface area (Å²) in [6.45, 7) is 9.13. The first-order valence-electron chi connectivity index (χ1n) is 16.7. The van der Waals surface area contributed by atoms with E-state index in [4.69, 9.17) is 0 Å². The third-order valence-electron chi connectivity index (χ3n) is 9.76. The average Bonchev–Trinajstić information content (AvgIpc) is 3.59. The molecule has 249 valence electrons. The third kappa shape index (κ3) is 6.40. The monoisotopic (exact) mass is 751 g/mol. The van der Waals surface area contributed by atoms with Crippen LogP contribution in [0.4, 0.5) is 26.3 Å². The molecule has 0 aliphatic heterocycles. The van der Waals surface area contributed by atoms with Gasteiger partial charge < -0.3 is 0 Å². The summed E-state index contributed by atoms with van der Waals surface area (Å²) in [5.74, 6) is -1.33. The van der Waals surface area contributed by atoms with Crippen LogP contribution in [-0.4, -0.2) is 5.92 Å². The summed E-state index contributed by atoms with van der Waals surface area (Å²) in [6.07, 6.45) is -0.969. The zero-order chi connectivity index (χ0) is 34.4. The van der Waals surface area contributed by atoms with Crippen molar-refractivity contribution >= 4 is 18.1 Å². The predicted molar refractivity (Wildman–Crippen MR) is 184 cm³/mol. The first-order valence-corrected chi connectivity index (χ1v) is 26.7. The van der Waals surface area contributed by atoms with Gasteiger partial charge >= 0.3 is 289 Å². The van der Waals surface area contributed by atoms with Crippen LogP contribution >= 0.6 is 0 Å². The molecule has 0 amide bonds. The second kappa shape index (κ2) is 13.7. The van der Waals surface area contributed by atoms with Gasteiger partial charge in [-0.05, 0) is 0 Å². The van der Waals surface area contributed by atoms with Gasteiger partial charge in [-0.15, -0.1) is 0 Å². The van der Waals surface area contributed by atoms with Crippen molar-refractivity contribution in [3.8, 4) is 22.3 Å². The molecular formula is C40H39F6SiZr. The molecule has 48 heavy (non-hydrogen) atoms. The molecule has 0 fully saturated rings. The minimum absolute atomic E-state index is 0.201. The van der Waals surface area contributed by atoms with Crippen LogP contribution in [0.3, 0.4) is 0 Å². The molecule has 2 unspecified atom stereocenters. The van der Waals surface area contributed by atoms with Crippen LogP contribution < -0.4 is 0 Å². The molecule has 2 aliphatic carbocycles. The Bertz CT molecular complexity index is 1750. The van der Waals surface area contributed by atoms with Crippen LogP contribution in [0.5, 0.6) is 0 Å². The van der Waals surface area contributed by atoms with Crippen molar-refractivity contribution in [3.63, 3.8) is 0 Å². The molecular weight excluding hydrogens is 714 g/mol. The van der Waals surface area contributed by atoms with Gasteiger partial charge in [0, 0.05) is 0 Å². The molecule has 0 saturated heterocycles. The third-order valence-corrected chi connectivity index (χ3v) is 31.5.